The third-order valence-electron chi connectivity index (χ3n) is 3.97. The lowest BCUT2D eigenvalue weighted by atomic mass is 9.95. The Balaban J connectivity index is 1.89. The molecule has 0 amide bonds. The minimum atomic E-state index is -0.0840. The van der Waals surface area contributed by atoms with Crippen LogP contribution < -0.4 is 5.32 Å². The van der Waals surface area contributed by atoms with Gasteiger partial charge in [-0.15, -0.1) is 0 Å². The van der Waals surface area contributed by atoms with Gasteiger partial charge in [0, 0.05) is 33.4 Å². The van der Waals surface area contributed by atoms with Crippen molar-refractivity contribution in [2.24, 2.45) is 11.8 Å². The van der Waals surface area contributed by atoms with Crippen molar-refractivity contribution in [2.75, 3.05) is 40.4 Å². The Labute approximate surface area is 91.9 Å². The van der Waals surface area contributed by atoms with Gasteiger partial charge in [-0.05, 0) is 31.8 Å². The van der Waals surface area contributed by atoms with Crippen LogP contribution in [0.4, 0.5) is 0 Å². The van der Waals surface area contributed by atoms with Gasteiger partial charge >= 0.3 is 0 Å². The van der Waals surface area contributed by atoms with Crippen LogP contribution in [0.5, 0.6) is 0 Å². The normalized spacial score (nSPS) is 36.4. The third kappa shape index (κ3) is 2.18. The summed E-state index contributed by atoms with van der Waals surface area (Å²) >= 11 is 0. The molecule has 4 nitrogen and oxygen atoms in total. The molecule has 0 saturated carbocycles. The molecule has 0 bridgehead atoms. The molecule has 2 rings (SSSR count). The van der Waals surface area contributed by atoms with Crippen molar-refractivity contribution in [3.8, 4) is 0 Å². The van der Waals surface area contributed by atoms with Crippen molar-refractivity contribution in [3.63, 3.8) is 0 Å². The summed E-state index contributed by atoms with van der Waals surface area (Å²) in [5.41, 5.74) is 0. The Morgan fingerprint density at radius 2 is 2.07 bits per heavy atom. The van der Waals surface area contributed by atoms with Gasteiger partial charge in [0.15, 0.2) is 6.29 Å². The lowest BCUT2D eigenvalue weighted by Gasteiger charge is -2.27. The second-order valence-electron chi connectivity index (χ2n) is 4.68. The van der Waals surface area contributed by atoms with Crippen LogP contribution in [0, 0.1) is 11.8 Å². The monoisotopic (exact) mass is 214 g/mol. The van der Waals surface area contributed by atoms with Crippen LogP contribution in [-0.2, 0) is 9.47 Å². The summed E-state index contributed by atoms with van der Waals surface area (Å²) in [6.07, 6.45) is -0.0840. The number of rotatable bonds is 4. The Bertz CT molecular complexity index is 209. The standard InChI is InChI=1S/C11H22N2O2/c1-8-10-5-12-4-9(10)6-13(8)7-11(14-2)15-3/h8-12H,4-7H2,1-3H3. The zero-order chi connectivity index (χ0) is 10.8. The first-order valence-electron chi connectivity index (χ1n) is 5.76. The number of likely N-dealkylation sites (tertiary alicyclic amines) is 1. The zero-order valence-electron chi connectivity index (χ0n) is 9.90. The maximum Gasteiger partial charge on any atom is 0.169 e. The van der Waals surface area contributed by atoms with E-state index in [1.54, 1.807) is 14.2 Å². The SMILES string of the molecule is COC(CN1CC2CNCC2C1C)OC. The molecule has 15 heavy (non-hydrogen) atoms. The van der Waals surface area contributed by atoms with Crippen molar-refractivity contribution in [1.29, 1.82) is 0 Å². The number of ether oxygens (including phenoxy) is 2. The molecule has 2 heterocycles. The van der Waals surface area contributed by atoms with E-state index in [0.717, 1.165) is 18.4 Å². The third-order valence-corrected chi connectivity index (χ3v) is 3.97. The summed E-state index contributed by atoms with van der Waals surface area (Å²) < 4.78 is 10.5. The van der Waals surface area contributed by atoms with Gasteiger partial charge in [-0.25, -0.2) is 0 Å². The first kappa shape index (κ1) is 11.3. The number of hydrogen-bond donors (Lipinski definition) is 1. The molecule has 0 radical (unpaired) electrons. The predicted molar refractivity (Wildman–Crippen MR) is 58.7 cm³/mol. The van der Waals surface area contributed by atoms with Gasteiger partial charge in [0.05, 0.1) is 0 Å². The highest BCUT2D eigenvalue weighted by molar-refractivity contribution is 4.96. The van der Waals surface area contributed by atoms with Gasteiger partial charge in [0.25, 0.3) is 0 Å². The maximum absolute atomic E-state index is 5.25. The van der Waals surface area contributed by atoms with Crippen LogP contribution in [0.1, 0.15) is 6.92 Å². The molecular formula is C11H22N2O2. The minimum Gasteiger partial charge on any atom is -0.355 e. The van der Waals surface area contributed by atoms with Gasteiger partial charge in [-0.2, -0.15) is 0 Å². The van der Waals surface area contributed by atoms with E-state index >= 15 is 0 Å². The highest BCUT2D eigenvalue weighted by Gasteiger charge is 2.42. The first-order chi connectivity index (χ1) is 7.26. The molecular weight excluding hydrogens is 192 g/mol. The van der Waals surface area contributed by atoms with Crippen LogP contribution >= 0.6 is 0 Å². The summed E-state index contributed by atoms with van der Waals surface area (Å²) in [4.78, 5) is 2.49. The molecule has 4 heteroatoms. The van der Waals surface area contributed by atoms with Crippen molar-refractivity contribution >= 4 is 0 Å². The van der Waals surface area contributed by atoms with Gasteiger partial charge < -0.3 is 14.8 Å². The smallest absolute Gasteiger partial charge is 0.169 e. The Hall–Kier alpha value is -0.160. The summed E-state index contributed by atoms with van der Waals surface area (Å²) in [7, 11) is 3.41. The molecule has 3 unspecified atom stereocenters. The highest BCUT2D eigenvalue weighted by atomic mass is 16.7. The second-order valence-corrected chi connectivity index (χ2v) is 4.68. The van der Waals surface area contributed by atoms with Crippen molar-refractivity contribution in [2.45, 2.75) is 19.3 Å². The summed E-state index contributed by atoms with van der Waals surface area (Å²) in [5.74, 6) is 1.65. The molecule has 2 saturated heterocycles. The van der Waals surface area contributed by atoms with Gasteiger partial charge in [0.1, 0.15) is 0 Å². The molecule has 1 N–H and O–H groups in total. The average Bonchev–Trinajstić information content (AvgIpc) is 2.80. The quantitative estimate of drug-likeness (QED) is 0.675. The van der Waals surface area contributed by atoms with E-state index in [2.05, 4.69) is 17.1 Å². The van der Waals surface area contributed by atoms with Crippen LogP contribution in [0.25, 0.3) is 0 Å². The molecule has 0 aromatic heterocycles. The Kier molecular flexibility index (Phi) is 3.61. The largest absolute Gasteiger partial charge is 0.355 e. The molecule has 88 valence electrons. The first-order valence-corrected chi connectivity index (χ1v) is 5.76. The molecule has 2 aliphatic heterocycles. The topological polar surface area (TPSA) is 33.7 Å². The molecule has 2 aliphatic rings. The van der Waals surface area contributed by atoms with Gasteiger partial charge in [-0.1, -0.05) is 0 Å². The molecule has 0 aromatic carbocycles. The fraction of sp³-hybridized carbons (Fsp3) is 1.00. The van der Waals surface area contributed by atoms with Crippen molar-refractivity contribution in [1.82, 2.24) is 10.2 Å². The molecule has 0 aliphatic carbocycles. The number of nitrogens with zero attached hydrogens (tertiary/aromatic N) is 1. The molecule has 3 atom stereocenters. The minimum absolute atomic E-state index is 0.0840. The van der Waals surface area contributed by atoms with Gasteiger partial charge in [0.2, 0.25) is 0 Å². The highest BCUT2D eigenvalue weighted by Crippen LogP contribution is 2.32. The number of methoxy groups -OCH3 is 2. The van der Waals surface area contributed by atoms with E-state index in [-0.39, 0.29) is 6.29 Å². The number of hydrogen-bond acceptors (Lipinski definition) is 4. The summed E-state index contributed by atoms with van der Waals surface area (Å²) in [6, 6.07) is 0.651. The van der Waals surface area contributed by atoms with Crippen LogP contribution in [0.3, 0.4) is 0 Å². The van der Waals surface area contributed by atoms with E-state index in [4.69, 9.17) is 9.47 Å². The van der Waals surface area contributed by atoms with Crippen molar-refractivity contribution < 1.29 is 9.47 Å². The van der Waals surface area contributed by atoms with E-state index in [1.165, 1.54) is 19.6 Å². The predicted octanol–water partition coefficient (Wildman–Crippen LogP) is 0.145. The zero-order valence-corrected chi connectivity index (χ0v) is 9.90. The van der Waals surface area contributed by atoms with Crippen LogP contribution in [0.2, 0.25) is 0 Å². The maximum atomic E-state index is 5.25. The number of fused-ring (bicyclic) bond motifs is 1. The lowest BCUT2D eigenvalue weighted by molar-refractivity contribution is -0.117. The van der Waals surface area contributed by atoms with E-state index in [1.807, 2.05) is 0 Å². The summed E-state index contributed by atoms with van der Waals surface area (Å²) in [6.45, 7) is 6.74. The van der Waals surface area contributed by atoms with Crippen molar-refractivity contribution in [3.05, 3.63) is 0 Å². The fourth-order valence-corrected chi connectivity index (χ4v) is 2.93. The van der Waals surface area contributed by atoms with E-state index in [0.29, 0.717) is 6.04 Å². The number of nitrogens with one attached hydrogen (secondary N) is 1. The summed E-state index contributed by atoms with van der Waals surface area (Å²) in [5, 5.41) is 3.47. The van der Waals surface area contributed by atoms with Gasteiger partial charge in [-0.3, -0.25) is 4.90 Å². The lowest BCUT2D eigenvalue weighted by Crippen LogP contribution is -2.39. The Morgan fingerprint density at radius 3 is 2.67 bits per heavy atom. The second kappa shape index (κ2) is 4.78. The van der Waals surface area contributed by atoms with E-state index < -0.39 is 0 Å². The van der Waals surface area contributed by atoms with E-state index in [9.17, 15) is 0 Å². The van der Waals surface area contributed by atoms with Crippen LogP contribution in [0.15, 0.2) is 0 Å². The average molecular weight is 214 g/mol. The molecule has 0 aromatic rings. The fourth-order valence-electron chi connectivity index (χ4n) is 2.93. The van der Waals surface area contributed by atoms with Crippen LogP contribution in [-0.4, -0.2) is 57.6 Å². The molecule has 2 fully saturated rings. The molecule has 0 spiro atoms. The Morgan fingerprint density at radius 1 is 1.33 bits per heavy atom.